The number of nitrogens with one attached hydrogen (secondary N) is 1. The van der Waals surface area contributed by atoms with E-state index in [-0.39, 0.29) is 0 Å². The molecule has 0 amide bonds. The molecule has 1 heterocycles. The van der Waals surface area contributed by atoms with Gasteiger partial charge in [0.2, 0.25) is 11.8 Å². The molecule has 0 bridgehead atoms. The number of benzene rings is 1. The third-order valence-corrected chi connectivity index (χ3v) is 2.61. The van der Waals surface area contributed by atoms with E-state index in [0.29, 0.717) is 24.2 Å². The summed E-state index contributed by atoms with van der Waals surface area (Å²) >= 11 is 0. The summed E-state index contributed by atoms with van der Waals surface area (Å²) in [6, 6.07) is 9.57. The Morgan fingerprint density at radius 1 is 1.10 bits per heavy atom. The van der Waals surface area contributed by atoms with Crippen molar-refractivity contribution >= 4 is 0 Å². The van der Waals surface area contributed by atoms with Crippen LogP contribution in [-0.2, 0) is 6.54 Å². The highest BCUT2D eigenvalue weighted by atomic mass is 16.5. The monoisotopic (exact) mass is 273 g/mol. The lowest BCUT2D eigenvalue weighted by molar-refractivity contribution is 0.321. The molecule has 0 saturated carbocycles. The normalized spacial score (nSPS) is 10.3. The van der Waals surface area contributed by atoms with Crippen LogP contribution in [0.5, 0.6) is 17.5 Å². The summed E-state index contributed by atoms with van der Waals surface area (Å²) in [5, 5.41) is 3.10. The molecule has 0 radical (unpaired) electrons. The molecule has 1 aromatic heterocycles. The molecule has 0 spiro atoms. The van der Waals surface area contributed by atoms with Crippen LogP contribution in [-0.4, -0.2) is 23.6 Å². The van der Waals surface area contributed by atoms with Crippen molar-refractivity contribution in [2.45, 2.75) is 20.4 Å². The first-order valence-electron chi connectivity index (χ1n) is 6.61. The summed E-state index contributed by atoms with van der Waals surface area (Å²) in [7, 11) is 1.92. The minimum atomic E-state index is 0.488. The molecular weight excluding hydrogens is 254 g/mol. The maximum atomic E-state index is 5.73. The van der Waals surface area contributed by atoms with E-state index in [4.69, 9.17) is 9.47 Å². The lowest BCUT2D eigenvalue weighted by atomic mass is 10.2. The van der Waals surface area contributed by atoms with Crippen molar-refractivity contribution in [3.63, 3.8) is 0 Å². The lowest BCUT2D eigenvalue weighted by Gasteiger charge is -2.08. The second-order valence-corrected chi connectivity index (χ2v) is 4.30. The number of rotatable bonds is 6. The van der Waals surface area contributed by atoms with Crippen LogP contribution < -0.4 is 14.8 Å². The standard InChI is InChI=1S/C15H19N3O2/c1-4-19-14-9-15(18-11(2)17-14)20-13-7-5-12(6-8-13)10-16-3/h5-9,16H,4,10H2,1-3H3. The van der Waals surface area contributed by atoms with Gasteiger partial charge in [-0.05, 0) is 38.6 Å². The molecule has 0 aliphatic heterocycles. The van der Waals surface area contributed by atoms with Gasteiger partial charge < -0.3 is 14.8 Å². The van der Waals surface area contributed by atoms with Crippen LogP contribution >= 0.6 is 0 Å². The van der Waals surface area contributed by atoms with Gasteiger partial charge in [-0.15, -0.1) is 0 Å². The molecule has 0 aliphatic rings. The molecule has 5 nitrogen and oxygen atoms in total. The molecule has 0 unspecified atom stereocenters. The first-order valence-corrected chi connectivity index (χ1v) is 6.61. The average molecular weight is 273 g/mol. The molecule has 0 fully saturated rings. The Morgan fingerprint density at radius 2 is 1.80 bits per heavy atom. The summed E-state index contributed by atoms with van der Waals surface area (Å²) < 4.78 is 11.1. The predicted molar refractivity (Wildman–Crippen MR) is 77.2 cm³/mol. The topological polar surface area (TPSA) is 56.3 Å². The number of aromatic nitrogens is 2. The first-order chi connectivity index (χ1) is 9.71. The second-order valence-electron chi connectivity index (χ2n) is 4.30. The number of hydrogen-bond donors (Lipinski definition) is 1. The molecule has 20 heavy (non-hydrogen) atoms. The highest BCUT2D eigenvalue weighted by Gasteiger charge is 2.05. The van der Waals surface area contributed by atoms with Crippen LogP contribution in [0.25, 0.3) is 0 Å². The van der Waals surface area contributed by atoms with E-state index >= 15 is 0 Å². The Hall–Kier alpha value is -2.14. The van der Waals surface area contributed by atoms with Crippen molar-refractivity contribution in [1.82, 2.24) is 15.3 Å². The number of aryl methyl sites for hydroxylation is 1. The summed E-state index contributed by atoms with van der Waals surface area (Å²) in [5.74, 6) is 2.38. The Kier molecular flexibility index (Phi) is 4.90. The molecule has 5 heteroatoms. The van der Waals surface area contributed by atoms with Crippen LogP contribution in [0.1, 0.15) is 18.3 Å². The first kappa shape index (κ1) is 14.3. The van der Waals surface area contributed by atoms with Gasteiger partial charge in [-0.3, -0.25) is 0 Å². The van der Waals surface area contributed by atoms with E-state index in [2.05, 4.69) is 15.3 Å². The number of hydrogen-bond acceptors (Lipinski definition) is 5. The predicted octanol–water partition coefficient (Wildman–Crippen LogP) is 2.70. The van der Waals surface area contributed by atoms with Crippen molar-refractivity contribution in [3.05, 3.63) is 41.7 Å². The van der Waals surface area contributed by atoms with Crippen molar-refractivity contribution in [2.75, 3.05) is 13.7 Å². The van der Waals surface area contributed by atoms with E-state index in [0.717, 1.165) is 12.3 Å². The molecule has 1 N–H and O–H groups in total. The zero-order chi connectivity index (χ0) is 14.4. The smallest absolute Gasteiger partial charge is 0.226 e. The van der Waals surface area contributed by atoms with Gasteiger partial charge in [0, 0.05) is 6.54 Å². The fourth-order valence-electron chi connectivity index (χ4n) is 1.79. The van der Waals surface area contributed by atoms with Crippen LogP contribution in [0.2, 0.25) is 0 Å². The van der Waals surface area contributed by atoms with Gasteiger partial charge in [-0.2, -0.15) is 9.97 Å². The second kappa shape index (κ2) is 6.86. The van der Waals surface area contributed by atoms with Crippen LogP contribution in [0.15, 0.2) is 30.3 Å². The maximum Gasteiger partial charge on any atom is 0.226 e. The summed E-state index contributed by atoms with van der Waals surface area (Å²) in [4.78, 5) is 8.43. The Morgan fingerprint density at radius 3 is 2.45 bits per heavy atom. The van der Waals surface area contributed by atoms with E-state index < -0.39 is 0 Å². The third-order valence-electron chi connectivity index (χ3n) is 2.61. The fourth-order valence-corrected chi connectivity index (χ4v) is 1.79. The number of ether oxygens (including phenoxy) is 2. The lowest BCUT2D eigenvalue weighted by Crippen LogP contribution is -2.04. The van der Waals surface area contributed by atoms with Gasteiger partial charge >= 0.3 is 0 Å². The Labute approximate surface area is 119 Å². The Balaban J connectivity index is 2.12. The van der Waals surface area contributed by atoms with Gasteiger partial charge in [0.05, 0.1) is 12.7 Å². The molecule has 106 valence electrons. The average Bonchev–Trinajstić information content (AvgIpc) is 2.41. The summed E-state index contributed by atoms with van der Waals surface area (Å²) in [6.07, 6.45) is 0. The van der Waals surface area contributed by atoms with Crippen LogP contribution in [0, 0.1) is 6.92 Å². The van der Waals surface area contributed by atoms with Gasteiger partial charge in [0.15, 0.2) is 0 Å². The molecular formula is C15H19N3O2. The minimum absolute atomic E-state index is 0.488. The molecule has 1 aromatic carbocycles. The maximum absolute atomic E-state index is 5.73. The van der Waals surface area contributed by atoms with Gasteiger partial charge in [0.25, 0.3) is 0 Å². The Bertz CT molecular complexity index is 556. The van der Waals surface area contributed by atoms with Crippen molar-refractivity contribution in [2.24, 2.45) is 0 Å². The molecule has 0 atom stereocenters. The SMILES string of the molecule is CCOc1cc(Oc2ccc(CNC)cc2)nc(C)n1. The zero-order valence-electron chi connectivity index (χ0n) is 12.0. The number of nitrogens with zero attached hydrogens (tertiary/aromatic N) is 2. The fraction of sp³-hybridized carbons (Fsp3) is 0.333. The quantitative estimate of drug-likeness (QED) is 0.877. The highest BCUT2D eigenvalue weighted by Crippen LogP contribution is 2.22. The molecule has 2 rings (SSSR count). The van der Waals surface area contributed by atoms with Crippen LogP contribution in [0.4, 0.5) is 0 Å². The molecule has 0 saturated heterocycles. The van der Waals surface area contributed by atoms with Crippen molar-refractivity contribution in [3.8, 4) is 17.5 Å². The van der Waals surface area contributed by atoms with Crippen LogP contribution in [0.3, 0.4) is 0 Å². The third kappa shape index (κ3) is 3.93. The minimum Gasteiger partial charge on any atom is -0.478 e. The van der Waals surface area contributed by atoms with Crippen molar-refractivity contribution < 1.29 is 9.47 Å². The molecule has 0 aliphatic carbocycles. The summed E-state index contributed by atoms with van der Waals surface area (Å²) in [6.45, 7) is 5.12. The van der Waals surface area contributed by atoms with E-state index in [1.807, 2.05) is 45.2 Å². The van der Waals surface area contributed by atoms with Gasteiger partial charge in [-0.25, -0.2) is 0 Å². The van der Waals surface area contributed by atoms with Gasteiger partial charge in [-0.1, -0.05) is 12.1 Å². The van der Waals surface area contributed by atoms with E-state index in [1.54, 1.807) is 6.07 Å². The largest absolute Gasteiger partial charge is 0.478 e. The molecule has 2 aromatic rings. The van der Waals surface area contributed by atoms with E-state index in [9.17, 15) is 0 Å². The highest BCUT2D eigenvalue weighted by molar-refractivity contribution is 5.31. The summed E-state index contributed by atoms with van der Waals surface area (Å²) in [5.41, 5.74) is 1.20. The zero-order valence-corrected chi connectivity index (χ0v) is 12.0. The van der Waals surface area contributed by atoms with Crippen molar-refractivity contribution in [1.29, 1.82) is 0 Å². The van der Waals surface area contributed by atoms with Gasteiger partial charge in [0.1, 0.15) is 11.6 Å². The van der Waals surface area contributed by atoms with E-state index in [1.165, 1.54) is 5.56 Å².